The molecular weight excluding hydrogens is 278 g/mol. The Morgan fingerprint density at radius 3 is 3.05 bits per heavy atom. The average Bonchev–Trinajstić information content (AvgIpc) is 2.85. The standard InChI is InChI=1S/C15H16ClNO3/c1-10-7-12(9-20-10)15(19)17-14-5-4-13(16)8-11(14)3-2-6-18/h4-5,8,10,12,18H,6-7,9H2,1H3,(H,17,19). The van der Waals surface area contributed by atoms with E-state index in [-0.39, 0.29) is 24.5 Å². The third-order valence-corrected chi connectivity index (χ3v) is 3.35. The number of hydrogen-bond acceptors (Lipinski definition) is 3. The molecule has 1 amide bonds. The number of carbonyl (C=O) groups excluding carboxylic acids is 1. The normalized spacial score (nSPS) is 21.1. The van der Waals surface area contributed by atoms with Gasteiger partial charge in [0.15, 0.2) is 0 Å². The Bertz CT molecular complexity index is 562. The molecule has 4 nitrogen and oxygen atoms in total. The van der Waals surface area contributed by atoms with Crippen LogP contribution in [-0.4, -0.2) is 30.3 Å². The summed E-state index contributed by atoms with van der Waals surface area (Å²) in [4.78, 5) is 12.1. The molecule has 2 atom stereocenters. The number of nitrogens with one attached hydrogen (secondary N) is 1. The lowest BCUT2D eigenvalue weighted by Gasteiger charge is -2.11. The van der Waals surface area contributed by atoms with Gasteiger partial charge in [-0.1, -0.05) is 23.4 Å². The van der Waals surface area contributed by atoms with Gasteiger partial charge in [-0.15, -0.1) is 0 Å². The van der Waals surface area contributed by atoms with E-state index in [1.165, 1.54) is 0 Å². The Morgan fingerprint density at radius 2 is 2.40 bits per heavy atom. The van der Waals surface area contributed by atoms with Gasteiger partial charge >= 0.3 is 0 Å². The van der Waals surface area contributed by atoms with Gasteiger partial charge in [-0.2, -0.15) is 0 Å². The molecule has 1 heterocycles. The summed E-state index contributed by atoms with van der Waals surface area (Å²) in [5.74, 6) is 5.11. The number of amides is 1. The molecule has 2 N–H and O–H groups in total. The monoisotopic (exact) mass is 293 g/mol. The van der Waals surface area contributed by atoms with E-state index in [4.69, 9.17) is 21.4 Å². The largest absolute Gasteiger partial charge is 0.384 e. The van der Waals surface area contributed by atoms with E-state index < -0.39 is 0 Å². The van der Waals surface area contributed by atoms with Crippen molar-refractivity contribution >= 4 is 23.2 Å². The summed E-state index contributed by atoms with van der Waals surface area (Å²) < 4.78 is 5.40. The predicted molar refractivity (Wildman–Crippen MR) is 77.6 cm³/mol. The fourth-order valence-electron chi connectivity index (χ4n) is 2.10. The minimum atomic E-state index is -0.242. The maximum atomic E-state index is 12.1. The van der Waals surface area contributed by atoms with E-state index in [9.17, 15) is 4.79 Å². The Hall–Kier alpha value is -1.54. The first-order chi connectivity index (χ1) is 9.60. The van der Waals surface area contributed by atoms with Gasteiger partial charge in [-0.3, -0.25) is 4.79 Å². The number of carbonyl (C=O) groups is 1. The lowest BCUT2D eigenvalue weighted by molar-refractivity contribution is -0.119. The van der Waals surface area contributed by atoms with Crippen molar-refractivity contribution in [2.75, 3.05) is 18.5 Å². The summed E-state index contributed by atoms with van der Waals surface area (Å²) in [5, 5.41) is 12.1. The summed E-state index contributed by atoms with van der Waals surface area (Å²) in [6, 6.07) is 5.06. The first-order valence-corrected chi connectivity index (χ1v) is 6.79. The number of benzene rings is 1. The highest BCUT2D eigenvalue weighted by Crippen LogP contribution is 2.24. The molecule has 20 heavy (non-hydrogen) atoms. The van der Waals surface area contributed by atoms with Gasteiger partial charge in [0.2, 0.25) is 5.91 Å². The van der Waals surface area contributed by atoms with E-state index >= 15 is 0 Å². The van der Waals surface area contributed by atoms with Crippen LogP contribution in [-0.2, 0) is 9.53 Å². The second-order valence-corrected chi connectivity index (χ2v) is 5.15. The summed E-state index contributed by atoms with van der Waals surface area (Å²) in [6.45, 7) is 2.15. The van der Waals surface area contributed by atoms with Crippen molar-refractivity contribution in [3.8, 4) is 11.8 Å². The summed E-state index contributed by atoms with van der Waals surface area (Å²) >= 11 is 5.92. The highest BCUT2D eigenvalue weighted by Gasteiger charge is 2.28. The first-order valence-electron chi connectivity index (χ1n) is 6.42. The highest BCUT2D eigenvalue weighted by molar-refractivity contribution is 6.30. The molecule has 1 aromatic rings. The minimum Gasteiger partial charge on any atom is -0.384 e. The predicted octanol–water partition coefficient (Wildman–Crippen LogP) is 2.05. The average molecular weight is 294 g/mol. The number of halogens is 1. The number of aliphatic hydroxyl groups excluding tert-OH is 1. The lowest BCUT2D eigenvalue weighted by atomic mass is 10.0. The molecule has 5 heteroatoms. The topological polar surface area (TPSA) is 58.6 Å². The van der Waals surface area contributed by atoms with Gasteiger partial charge in [-0.25, -0.2) is 0 Å². The Labute approximate surface area is 123 Å². The summed E-state index contributed by atoms with van der Waals surface area (Å²) in [5.41, 5.74) is 1.19. The van der Waals surface area contributed by atoms with Crippen LogP contribution in [0.3, 0.4) is 0 Å². The van der Waals surface area contributed by atoms with Crippen LogP contribution in [0.2, 0.25) is 5.02 Å². The lowest BCUT2D eigenvalue weighted by Crippen LogP contribution is -2.23. The molecule has 2 rings (SSSR count). The molecule has 2 unspecified atom stereocenters. The molecule has 106 valence electrons. The molecule has 0 spiro atoms. The molecule has 0 aromatic heterocycles. The van der Waals surface area contributed by atoms with E-state index in [0.29, 0.717) is 22.9 Å². The fraction of sp³-hybridized carbons (Fsp3) is 0.400. The van der Waals surface area contributed by atoms with Crippen LogP contribution in [0.25, 0.3) is 0 Å². The van der Waals surface area contributed by atoms with Gasteiger partial charge < -0.3 is 15.2 Å². The van der Waals surface area contributed by atoms with E-state index in [1.807, 2.05) is 6.92 Å². The van der Waals surface area contributed by atoms with Gasteiger partial charge in [-0.05, 0) is 31.5 Å². The van der Waals surface area contributed by atoms with Crippen molar-refractivity contribution in [2.45, 2.75) is 19.4 Å². The van der Waals surface area contributed by atoms with Gasteiger partial charge in [0.05, 0.1) is 24.3 Å². The number of hydrogen-bond donors (Lipinski definition) is 2. The molecule has 1 aromatic carbocycles. The van der Waals surface area contributed by atoms with E-state index in [0.717, 1.165) is 6.42 Å². The van der Waals surface area contributed by atoms with Crippen LogP contribution < -0.4 is 5.32 Å². The molecule has 0 radical (unpaired) electrons. The van der Waals surface area contributed by atoms with E-state index in [2.05, 4.69) is 17.2 Å². The Balaban J connectivity index is 2.14. The summed E-state index contributed by atoms with van der Waals surface area (Å²) in [7, 11) is 0. The second kappa shape index (κ2) is 6.76. The number of ether oxygens (including phenoxy) is 1. The fourth-order valence-corrected chi connectivity index (χ4v) is 2.27. The highest BCUT2D eigenvalue weighted by atomic mass is 35.5. The zero-order valence-corrected chi connectivity index (χ0v) is 11.9. The maximum Gasteiger partial charge on any atom is 0.229 e. The zero-order valence-electron chi connectivity index (χ0n) is 11.1. The van der Waals surface area contributed by atoms with Crippen molar-refractivity contribution < 1.29 is 14.6 Å². The first kappa shape index (κ1) is 14.9. The van der Waals surface area contributed by atoms with Crippen molar-refractivity contribution in [1.29, 1.82) is 0 Å². The van der Waals surface area contributed by atoms with Gasteiger partial charge in [0.25, 0.3) is 0 Å². The van der Waals surface area contributed by atoms with Crippen LogP contribution in [0.15, 0.2) is 18.2 Å². The van der Waals surface area contributed by atoms with Crippen molar-refractivity contribution in [2.24, 2.45) is 5.92 Å². The smallest absolute Gasteiger partial charge is 0.229 e. The molecular formula is C15H16ClNO3. The number of rotatable bonds is 2. The second-order valence-electron chi connectivity index (χ2n) is 4.72. The van der Waals surface area contributed by atoms with Crippen LogP contribution in [0.4, 0.5) is 5.69 Å². The van der Waals surface area contributed by atoms with Crippen LogP contribution in [0.1, 0.15) is 18.9 Å². The van der Waals surface area contributed by atoms with Crippen LogP contribution >= 0.6 is 11.6 Å². The van der Waals surface area contributed by atoms with Crippen molar-refractivity contribution in [3.05, 3.63) is 28.8 Å². The molecule has 1 aliphatic rings. The van der Waals surface area contributed by atoms with Crippen LogP contribution in [0, 0.1) is 17.8 Å². The van der Waals surface area contributed by atoms with Crippen molar-refractivity contribution in [3.63, 3.8) is 0 Å². The van der Waals surface area contributed by atoms with Crippen LogP contribution in [0.5, 0.6) is 0 Å². The van der Waals surface area contributed by atoms with Gasteiger partial charge in [0, 0.05) is 10.6 Å². The maximum absolute atomic E-state index is 12.1. The molecule has 1 fully saturated rings. The Kier molecular flexibility index (Phi) is 5.02. The molecule has 1 aliphatic heterocycles. The molecule has 0 saturated carbocycles. The third-order valence-electron chi connectivity index (χ3n) is 3.11. The van der Waals surface area contributed by atoms with Crippen molar-refractivity contribution in [1.82, 2.24) is 0 Å². The molecule has 0 bridgehead atoms. The minimum absolute atomic E-state index is 0.0799. The quantitative estimate of drug-likeness (QED) is 0.821. The van der Waals surface area contributed by atoms with Gasteiger partial charge in [0.1, 0.15) is 6.61 Å². The number of aliphatic hydroxyl groups is 1. The molecule has 0 aliphatic carbocycles. The summed E-state index contributed by atoms with van der Waals surface area (Å²) in [6.07, 6.45) is 0.835. The number of anilines is 1. The Morgan fingerprint density at radius 1 is 1.60 bits per heavy atom. The molecule has 1 saturated heterocycles. The SMILES string of the molecule is CC1CC(C(=O)Nc2ccc(Cl)cc2C#CCO)CO1. The van der Waals surface area contributed by atoms with E-state index in [1.54, 1.807) is 18.2 Å². The third kappa shape index (κ3) is 3.73. The zero-order chi connectivity index (χ0) is 14.5.